The summed E-state index contributed by atoms with van der Waals surface area (Å²) in [4.78, 5) is 28.7. The molecule has 5 nitrogen and oxygen atoms in total. The van der Waals surface area contributed by atoms with Crippen LogP contribution in [0.3, 0.4) is 0 Å². The summed E-state index contributed by atoms with van der Waals surface area (Å²) in [7, 11) is 0. The lowest BCUT2D eigenvalue weighted by Gasteiger charge is -2.35. The Bertz CT molecular complexity index is 705. The summed E-state index contributed by atoms with van der Waals surface area (Å²) in [6.45, 7) is 1.27. The lowest BCUT2D eigenvalue weighted by atomic mass is 9.93. The third-order valence-corrected chi connectivity index (χ3v) is 7.41. The van der Waals surface area contributed by atoms with E-state index in [0.717, 1.165) is 44.4 Å². The highest BCUT2D eigenvalue weighted by molar-refractivity contribution is 7.99. The molecule has 1 aromatic carbocycles. The molecule has 2 heterocycles. The Morgan fingerprint density at radius 2 is 1.79 bits per heavy atom. The molecule has 0 aromatic heterocycles. The van der Waals surface area contributed by atoms with Crippen molar-refractivity contribution in [1.29, 1.82) is 0 Å². The van der Waals surface area contributed by atoms with E-state index in [9.17, 15) is 9.59 Å². The highest BCUT2D eigenvalue weighted by Gasteiger charge is 2.31. The SMILES string of the molecule is O=C(NC1CCCCC1)C1CCCN(C(=O)NC2CCSc3ccccc32)C1. The molecule has 3 aliphatic rings. The van der Waals surface area contributed by atoms with Gasteiger partial charge in [-0.15, -0.1) is 11.8 Å². The first-order valence-corrected chi connectivity index (χ1v) is 11.8. The number of nitrogens with zero attached hydrogens (tertiary/aromatic N) is 1. The average molecular weight is 402 g/mol. The number of benzene rings is 1. The minimum absolute atomic E-state index is 0.0260. The second kappa shape index (κ2) is 9.21. The van der Waals surface area contributed by atoms with Crippen molar-refractivity contribution in [2.75, 3.05) is 18.8 Å². The van der Waals surface area contributed by atoms with E-state index in [0.29, 0.717) is 12.6 Å². The molecule has 0 bridgehead atoms. The lowest BCUT2D eigenvalue weighted by molar-refractivity contribution is -0.127. The van der Waals surface area contributed by atoms with Crippen LogP contribution in [0.4, 0.5) is 4.79 Å². The summed E-state index contributed by atoms with van der Waals surface area (Å²) in [5, 5.41) is 6.47. The molecule has 6 heteroatoms. The van der Waals surface area contributed by atoms with Crippen LogP contribution in [0.25, 0.3) is 0 Å². The number of amides is 3. The number of carbonyl (C=O) groups excluding carboxylic acids is 2. The van der Waals surface area contributed by atoms with Gasteiger partial charge in [0.15, 0.2) is 0 Å². The Morgan fingerprint density at radius 3 is 2.64 bits per heavy atom. The topological polar surface area (TPSA) is 61.4 Å². The molecule has 2 atom stereocenters. The molecule has 4 rings (SSSR count). The summed E-state index contributed by atoms with van der Waals surface area (Å²) >= 11 is 1.86. The zero-order valence-electron chi connectivity index (χ0n) is 16.5. The van der Waals surface area contributed by atoms with Crippen molar-refractivity contribution in [2.45, 2.75) is 68.3 Å². The van der Waals surface area contributed by atoms with Crippen molar-refractivity contribution in [3.63, 3.8) is 0 Å². The van der Waals surface area contributed by atoms with Gasteiger partial charge in [-0.25, -0.2) is 4.79 Å². The van der Waals surface area contributed by atoms with Gasteiger partial charge in [-0.05, 0) is 43.7 Å². The van der Waals surface area contributed by atoms with Gasteiger partial charge in [-0.3, -0.25) is 4.79 Å². The van der Waals surface area contributed by atoms with Crippen LogP contribution in [-0.4, -0.2) is 41.7 Å². The summed E-state index contributed by atoms with van der Waals surface area (Å²) in [5.74, 6) is 1.09. The molecule has 1 saturated carbocycles. The quantitative estimate of drug-likeness (QED) is 0.802. The van der Waals surface area contributed by atoms with Crippen LogP contribution in [0.1, 0.15) is 63.0 Å². The molecule has 2 unspecified atom stereocenters. The summed E-state index contributed by atoms with van der Waals surface area (Å²) in [6, 6.07) is 8.71. The highest BCUT2D eigenvalue weighted by atomic mass is 32.2. The smallest absolute Gasteiger partial charge is 0.317 e. The molecule has 28 heavy (non-hydrogen) atoms. The van der Waals surface area contributed by atoms with Gasteiger partial charge in [-0.2, -0.15) is 0 Å². The number of nitrogens with one attached hydrogen (secondary N) is 2. The van der Waals surface area contributed by atoms with E-state index in [1.54, 1.807) is 0 Å². The molecule has 2 aliphatic heterocycles. The standard InChI is InChI=1S/C22H31N3O2S/c26-21(23-17-8-2-1-3-9-17)16-7-6-13-25(15-16)22(27)24-19-12-14-28-20-11-5-4-10-18(19)20/h4-5,10-11,16-17,19H,1-3,6-9,12-15H2,(H,23,26)(H,24,27). The van der Waals surface area contributed by atoms with Crippen LogP contribution < -0.4 is 10.6 Å². The third-order valence-electron chi connectivity index (χ3n) is 6.29. The molecule has 3 amide bonds. The van der Waals surface area contributed by atoms with Crippen LogP contribution in [0.2, 0.25) is 0 Å². The second-order valence-corrected chi connectivity index (χ2v) is 9.44. The minimum atomic E-state index is -0.0735. The molecule has 0 spiro atoms. The Labute approximate surface area is 172 Å². The number of fused-ring (bicyclic) bond motifs is 1. The van der Waals surface area contributed by atoms with Gasteiger partial charge >= 0.3 is 6.03 Å². The molecule has 2 N–H and O–H groups in total. The van der Waals surface area contributed by atoms with Gasteiger partial charge in [0.1, 0.15) is 0 Å². The van der Waals surface area contributed by atoms with E-state index < -0.39 is 0 Å². The number of hydrogen-bond acceptors (Lipinski definition) is 3. The molecular formula is C22H31N3O2S. The third kappa shape index (κ3) is 4.65. The number of carbonyl (C=O) groups is 2. The molecular weight excluding hydrogens is 370 g/mol. The summed E-state index contributed by atoms with van der Waals surface area (Å²) < 4.78 is 0. The number of likely N-dealkylation sites (tertiary alicyclic amines) is 1. The number of thioether (sulfide) groups is 1. The van der Waals surface area contributed by atoms with Gasteiger partial charge in [0.05, 0.1) is 12.0 Å². The lowest BCUT2D eigenvalue weighted by Crippen LogP contribution is -2.51. The van der Waals surface area contributed by atoms with Crippen molar-refractivity contribution in [2.24, 2.45) is 5.92 Å². The molecule has 1 aliphatic carbocycles. The van der Waals surface area contributed by atoms with Crippen LogP contribution >= 0.6 is 11.8 Å². The number of urea groups is 1. The van der Waals surface area contributed by atoms with Crippen LogP contribution in [0, 0.1) is 5.92 Å². The Hall–Kier alpha value is -1.69. The molecule has 0 radical (unpaired) electrons. The predicted molar refractivity (Wildman–Crippen MR) is 112 cm³/mol. The van der Waals surface area contributed by atoms with E-state index in [4.69, 9.17) is 0 Å². The zero-order chi connectivity index (χ0) is 19.3. The Kier molecular flexibility index (Phi) is 6.45. The normalized spacial score (nSPS) is 25.6. The predicted octanol–water partition coefficient (Wildman–Crippen LogP) is 4.09. The van der Waals surface area contributed by atoms with Crippen LogP contribution in [-0.2, 0) is 4.79 Å². The minimum Gasteiger partial charge on any atom is -0.353 e. The van der Waals surface area contributed by atoms with Crippen molar-refractivity contribution in [1.82, 2.24) is 15.5 Å². The monoisotopic (exact) mass is 401 g/mol. The van der Waals surface area contributed by atoms with Crippen molar-refractivity contribution in [3.05, 3.63) is 29.8 Å². The average Bonchev–Trinajstić information content (AvgIpc) is 2.75. The van der Waals surface area contributed by atoms with E-state index >= 15 is 0 Å². The first-order chi connectivity index (χ1) is 13.7. The fourth-order valence-electron chi connectivity index (χ4n) is 4.67. The Balaban J connectivity index is 1.33. The van der Waals surface area contributed by atoms with Gasteiger partial charge in [0.25, 0.3) is 0 Å². The van der Waals surface area contributed by atoms with Crippen molar-refractivity contribution >= 4 is 23.7 Å². The van der Waals surface area contributed by atoms with Gasteiger partial charge in [0, 0.05) is 29.8 Å². The van der Waals surface area contributed by atoms with Crippen molar-refractivity contribution < 1.29 is 9.59 Å². The van der Waals surface area contributed by atoms with Crippen LogP contribution in [0.5, 0.6) is 0 Å². The Morgan fingerprint density at radius 1 is 0.964 bits per heavy atom. The summed E-state index contributed by atoms with van der Waals surface area (Å²) in [6.07, 6.45) is 8.64. The molecule has 152 valence electrons. The van der Waals surface area contributed by atoms with E-state index in [2.05, 4.69) is 28.8 Å². The zero-order valence-corrected chi connectivity index (χ0v) is 17.3. The maximum absolute atomic E-state index is 12.9. The van der Waals surface area contributed by atoms with Gasteiger partial charge < -0.3 is 15.5 Å². The van der Waals surface area contributed by atoms with Crippen molar-refractivity contribution in [3.8, 4) is 0 Å². The first-order valence-electron chi connectivity index (χ1n) is 10.8. The van der Waals surface area contributed by atoms with Gasteiger partial charge in [-0.1, -0.05) is 37.5 Å². The second-order valence-electron chi connectivity index (χ2n) is 8.31. The maximum Gasteiger partial charge on any atom is 0.317 e. The number of rotatable bonds is 3. The highest BCUT2D eigenvalue weighted by Crippen LogP contribution is 2.36. The molecule has 1 saturated heterocycles. The first kappa shape index (κ1) is 19.6. The summed E-state index contributed by atoms with van der Waals surface area (Å²) in [5.41, 5.74) is 1.22. The fraction of sp³-hybridized carbons (Fsp3) is 0.636. The van der Waals surface area contributed by atoms with Crippen LogP contribution in [0.15, 0.2) is 29.2 Å². The number of hydrogen-bond donors (Lipinski definition) is 2. The largest absolute Gasteiger partial charge is 0.353 e. The van der Waals surface area contributed by atoms with Gasteiger partial charge in [0.2, 0.25) is 5.91 Å². The maximum atomic E-state index is 12.9. The molecule has 1 aromatic rings. The number of piperidine rings is 1. The van der Waals surface area contributed by atoms with E-state index in [1.807, 2.05) is 22.7 Å². The van der Waals surface area contributed by atoms with E-state index in [1.165, 1.54) is 29.7 Å². The van der Waals surface area contributed by atoms with E-state index in [-0.39, 0.29) is 23.9 Å². The molecule has 2 fully saturated rings. The fourth-order valence-corrected chi connectivity index (χ4v) is 5.80.